The molecule has 0 bridgehead atoms. The molecule has 0 aliphatic carbocycles. The molecule has 2 aromatic carbocycles. The fourth-order valence-electron chi connectivity index (χ4n) is 2.32. The lowest BCUT2D eigenvalue weighted by molar-refractivity contribution is 0.116. The number of carbonyl (C=O) groups is 2. The number of aliphatic hydroxyl groups excluding tert-OH is 2. The Morgan fingerprint density at radius 3 is 1.39 bits per heavy atom. The van der Waals surface area contributed by atoms with Crippen molar-refractivity contribution in [3.05, 3.63) is 71.8 Å². The van der Waals surface area contributed by atoms with Gasteiger partial charge < -0.3 is 31.2 Å². The molecule has 0 unspecified atom stereocenters. The van der Waals surface area contributed by atoms with Crippen LogP contribution in [0.15, 0.2) is 60.7 Å². The van der Waals surface area contributed by atoms with Crippen LogP contribution in [0.3, 0.4) is 0 Å². The van der Waals surface area contributed by atoms with E-state index in [0.29, 0.717) is 0 Å². The van der Waals surface area contributed by atoms with Crippen LogP contribution in [0.1, 0.15) is 23.0 Å². The minimum Gasteiger partial charge on any atom is -0.449 e. The number of hydrogen-bond donors (Lipinski definition) is 4. The molecule has 0 saturated carbocycles. The molecule has 0 spiro atoms. The minimum atomic E-state index is -0.870. The second kappa shape index (κ2) is 13.1. The van der Waals surface area contributed by atoms with E-state index in [1.807, 2.05) is 60.7 Å². The Bertz CT molecular complexity index is 674. The van der Waals surface area contributed by atoms with Gasteiger partial charge >= 0.3 is 12.2 Å². The summed E-state index contributed by atoms with van der Waals surface area (Å²) in [6.07, 6.45) is -1.74. The van der Waals surface area contributed by atoms with Crippen LogP contribution in [-0.2, 0) is 9.47 Å². The highest BCUT2D eigenvalue weighted by Crippen LogP contribution is 2.16. The molecular formula is C20H26N2O6. The van der Waals surface area contributed by atoms with Gasteiger partial charge in [0, 0.05) is 5.92 Å². The summed E-state index contributed by atoms with van der Waals surface area (Å²) in [7, 11) is 0. The van der Waals surface area contributed by atoms with E-state index >= 15 is 0 Å². The van der Waals surface area contributed by atoms with E-state index in [1.165, 1.54) is 0 Å². The largest absolute Gasteiger partial charge is 0.449 e. The third kappa shape index (κ3) is 9.02. The number of benzene rings is 2. The fourth-order valence-corrected chi connectivity index (χ4v) is 2.32. The van der Waals surface area contributed by atoms with Crippen molar-refractivity contribution in [3.63, 3.8) is 0 Å². The Labute approximate surface area is 163 Å². The van der Waals surface area contributed by atoms with Crippen molar-refractivity contribution in [2.75, 3.05) is 26.4 Å². The monoisotopic (exact) mass is 390 g/mol. The summed E-state index contributed by atoms with van der Waals surface area (Å²) in [5, 5.41) is 17.6. The molecular weight excluding hydrogens is 364 g/mol. The molecule has 8 nitrogen and oxygen atoms in total. The predicted octanol–water partition coefficient (Wildman–Crippen LogP) is 1.72. The van der Waals surface area contributed by atoms with Gasteiger partial charge in [0.2, 0.25) is 0 Å². The molecule has 2 rings (SSSR count). The fraction of sp³-hybridized carbons (Fsp3) is 0.300. The molecule has 28 heavy (non-hydrogen) atoms. The summed E-state index contributed by atoms with van der Waals surface area (Å²) in [5.41, 5.74) is 11.6. The molecule has 6 N–H and O–H groups in total. The molecule has 0 aliphatic rings. The first-order valence-corrected chi connectivity index (χ1v) is 8.64. The molecule has 152 valence electrons. The second-order valence-electron chi connectivity index (χ2n) is 5.84. The van der Waals surface area contributed by atoms with Crippen LogP contribution in [0, 0.1) is 0 Å². The lowest BCUT2D eigenvalue weighted by atomic mass is 10.0. The summed E-state index contributed by atoms with van der Waals surface area (Å²) in [6.45, 7) is 0.0697. The molecule has 2 amide bonds. The van der Waals surface area contributed by atoms with Gasteiger partial charge in [0.25, 0.3) is 0 Å². The van der Waals surface area contributed by atoms with Crippen LogP contribution >= 0.6 is 0 Å². The van der Waals surface area contributed by atoms with Crippen LogP contribution in [0.4, 0.5) is 9.59 Å². The quantitative estimate of drug-likeness (QED) is 0.540. The first-order valence-electron chi connectivity index (χ1n) is 8.64. The van der Waals surface area contributed by atoms with Gasteiger partial charge in [0.1, 0.15) is 13.2 Å². The SMILES string of the molecule is NC(=O)OCC(COC(N)=O)c1ccccc1.OCC(CO)c1ccccc1. The zero-order valence-electron chi connectivity index (χ0n) is 15.4. The van der Waals surface area contributed by atoms with Gasteiger partial charge in [-0.05, 0) is 11.1 Å². The summed E-state index contributed by atoms with van der Waals surface area (Å²) < 4.78 is 9.39. The first-order chi connectivity index (χ1) is 13.5. The van der Waals surface area contributed by atoms with Crippen molar-refractivity contribution in [1.82, 2.24) is 0 Å². The zero-order valence-corrected chi connectivity index (χ0v) is 15.4. The Morgan fingerprint density at radius 2 is 1.07 bits per heavy atom. The highest BCUT2D eigenvalue weighted by Gasteiger charge is 2.15. The number of aliphatic hydroxyl groups is 2. The Balaban J connectivity index is 0.000000307. The number of carbonyl (C=O) groups excluding carboxylic acids is 2. The van der Waals surface area contributed by atoms with Gasteiger partial charge in [-0.3, -0.25) is 0 Å². The van der Waals surface area contributed by atoms with E-state index in [0.717, 1.165) is 11.1 Å². The minimum absolute atomic E-state index is 0.000509. The number of nitrogens with two attached hydrogens (primary N) is 2. The van der Waals surface area contributed by atoms with Gasteiger partial charge in [-0.15, -0.1) is 0 Å². The zero-order chi connectivity index (χ0) is 20.8. The van der Waals surface area contributed by atoms with Crippen molar-refractivity contribution < 1.29 is 29.3 Å². The third-order valence-corrected chi connectivity index (χ3v) is 3.84. The Morgan fingerprint density at radius 1 is 0.714 bits per heavy atom. The van der Waals surface area contributed by atoms with Crippen molar-refractivity contribution in [2.24, 2.45) is 11.5 Å². The second-order valence-corrected chi connectivity index (χ2v) is 5.84. The molecule has 8 heteroatoms. The Kier molecular flexibility index (Phi) is 10.8. The number of rotatable bonds is 8. The number of hydrogen-bond acceptors (Lipinski definition) is 6. The van der Waals surface area contributed by atoms with E-state index in [4.69, 9.17) is 31.2 Å². The van der Waals surface area contributed by atoms with Gasteiger partial charge in [0.15, 0.2) is 0 Å². The topological polar surface area (TPSA) is 145 Å². The molecule has 0 aliphatic heterocycles. The van der Waals surface area contributed by atoms with Gasteiger partial charge in [-0.1, -0.05) is 60.7 Å². The summed E-state index contributed by atoms with van der Waals surface area (Å²) in [6, 6.07) is 18.7. The standard InChI is InChI=1S/C11H14N2O4.C9H12O2/c12-10(14)16-6-9(7-17-11(13)15)8-4-2-1-3-5-8;10-6-9(7-11)8-4-2-1-3-5-8/h1-5,9H,6-7H2,(H2,12,14)(H2,13,15);1-5,9-11H,6-7H2. The maximum Gasteiger partial charge on any atom is 0.404 e. The molecule has 0 aromatic heterocycles. The van der Waals surface area contributed by atoms with E-state index in [-0.39, 0.29) is 38.3 Å². The number of amides is 2. The van der Waals surface area contributed by atoms with Crippen molar-refractivity contribution in [3.8, 4) is 0 Å². The molecule has 0 fully saturated rings. The van der Waals surface area contributed by atoms with Gasteiger partial charge in [0.05, 0.1) is 19.1 Å². The van der Waals surface area contributed by atoms with Crippen LogP contribution in [0.2, 0.25) is 0 Å². The third-order valence-electron chi connectivity index (χ3n) is 3.84. The first kappa shape index (κ1) is 22.9. The van der Waals surface area contributed by atoms with E-state index < -0.39 is 12.2 Å². The van der Waals surface area contributed by atoms with Gasteiger partial charge in [-0.2, -0.15) is 0 Å². The summed E-state index contributed by atoms with van der Waals surface area (Å²) >= 11 is 0. The van der Waals surface area contributed by atoms with E-state index in [9.17, 15) is 9.59 Å². The van der Waals surface area contributed by atoms with Crippen LogP contribution in [0.25, 0.3) is 0 Å². The van der Waals surface area contributed by atoms with Crippen LogP contribution in [-0.4, -0.2) is 48.8 Å². The van der Waals surface area contributed by atoms with E-state index in [2.05, 4.69) is 0 Å². The average molecular weight is 390 g/mol. The summed E-state index contributed by atoms with van der Waals surface area (Å²) in [5.74, 6) is -0.410. The Hall–Kier alpha value is -3.10. The van der Waals surface area contributed by atoms with Crippen molar-refractivity contribution >= 4 is 12.2 Å². The van der Waals surface area contributed by atoms with E-state index in [1.54, 1.807) is 0 Å². The summed E-state index contributed by atoms with van der Waals surface area (Å²) in [4.78, 5) is 21.1. The lowest BCUT2D eigenvalue weighted by Crippen LogP contribution is -2.23. The normalized spacial score (nSPS) is 10.1. The molecule has 0 heterocycles. The smallest absolute Gasteiger partial charge is 0.404 e. The molecule has 0 saturated heterocycles. The van der Waals surface area contributed by atoms with Crippen molar-refractivity contribution in [1.29, 1.82) is 0 Å². The molecule has 0 atom stereocenters. The van der Waals surface area contributed by atoms with Crippen LogP contribution < -0.4 is 11.5 Å². The lowest BCUT2D eigenvalue weighted by Gasteiger charge is -2.16. The molecule has 0 radical (unpaired) electrons. The van der Waals surface area contributed by atoms with Gasteiger partial charge in [-0.25, -0.2) is 9.59 Å². The average Bonchev–Trinajstić information content (AvgIpc) is 2.70. The van der Waals surface area contributed by atoms with Crippen molar-refractivity contribution in [2.45, 2.75) is 11.8 Å². The number of ether oxygens (including phenoxy) is 2. The maximum atomic E-state index is 10.5. The molecule has 2 aromatic rings. The highest BCUT2D eigenvalue weighted by atomic mass is 16.6. The number of primary amides is 2. The highest BCUT2D eigenvalue weighted by molar-refractivity contribution is 5.65. The predicted molar refractivity (Wildman–Crippen MR) is 104 cm³/mol. The maximum absolute atomic E-state index is 10.5. The van der Waals surface area contributed by atoms with Crippen LogP contribution in [0.5, 0.6) is 0 Å².